The van der Waals surface area contributed by atoms with Crippen molar-refractivity contribution in [1.29, 1.82) is 0 Å². The molecule has 0 saturated carbocycles. The summed E-state index contributed by atoms with van der Waals surface area (Å²) in [5, 5.41) is 2.72. The number of hydrogen-bond acceptors (Lipinski definition) is 2. The maximum atomic E-state index is 2.36. The van der Waals surface area contributed by atoms with Crippen molar-refractivity contribution in [1.82, 2.24) is 0 Å². The van der Waals surface area contributed by atoms with E-state index in [0.717, 1.165) is 0 Å². The molecule has 0 unspecified atom stereocenters. The molecule has 2 aromatic heterocycles. The van der Waals surface area contributed by atoms with Crippen LogP contribution in [0.15, 0.2) is 146 Å². The molecule has 0 spiro atoms. The number of benzene rings is 6. The molecule has 0 aliphatic heterocycles. The number of rotatable bonds is 4. The van der Waals surface area contributed by atoms with Gasteiger partial charge < -0.3 is 0 Å². The zero-order valence-corrected chi connectivity index (χ0v) is 23.3. The zero-order valence-electron chi connectivity index (χ0n) is 21.7. The fraction of sp³-hybridized carbons (Fsp3) is 0. The van der Waals surface area contributed by atoms with Gasteiger partial charge in [0.15, 0.2) is 0 Å². The van der Waals surface area contributed by atoms with E-state index in [1.54, 1.807) is 0 Å². The van der Waals surface area contributed by atoms with Gasteiger partial charge in [-0.05, 0) is 56.6 Å². The van der Waals surface area contributed by atoms with Crippen LogP contribution in [0.3, 0.4) is 0 Å². The first-order valence-electron chi connectivity index (χ1n) is 13.5. The van der Waals surface area contributed by atoms with Crippen LogP contribution < -0.4 is 0 Å². The third kappa shape index (κ3) is 4.05. The molecule has 2 heterocycles. The molecule has 0 amide bonds. The van der Waals surface area contributed by atoms with Gasteiger partial charge in [0.05, 0.1) is 9.40 Å². The summed E-state index contributed by atoms with van der Waals surface area (Å²) < 4.78 is 5.51. The lowest BCUT2D eigenvalue weighted by molar-refractivity contribution is 1.60. The first kappa shape index (κ1) is 23.4. The van der Waals surface area contributed by atoms with E-state index in [2.05, 4.69) is 146 Å². The maximum absolute atomic E-state index is 2.36. The lowest BCUT2D eigenvalue weighted by Crippen LogP contribution is -1.80. The van der Waals surface area contributed by atoms with Crippen LogP contribution in [-0.4, -0.2) is 0 Å². The Bertz CT molecular complexity index is 1960. The van der Waals surface area contributed by atoms with Crippen molar-refractivity contribution in [2.75, 3.05) is 0 Å². The van der Waals surface area contributed by atoms with Crippen LogP contribution in [-0.2, 0) is 0 Å². The van der Waals surface area contributed by atoms with Crippen molar-refractivity contribution in [2.24, 2.45) is 0 Å². The summed E-state index contributed by atoms with van der Waals surface area (Å²) in [5.41, 5.74) is 10.1. The Morgan fingerprint density at radius 2 is 0.575 bits per heavy atom. The average Bonchev–Trinajstić information content (AvgIpc) is 3.57. The number of thiophene rings is 2. The monoisotopic (exact) mass is 544 g/mol. The quantitative estimate of drug-likeness (QED) is 0.207. The van der Waals surface area contributed by atoms with Gasteiger partial charge in [-0.1, -0.05) is 133 Å². The average molecular weight is 545 g/mol. The van der Waals surface area contributed by atoms with Gasteiger partial charge in [0, 0.05) is 20.2 Å². The number of fused-ring (bicyclic) bond motifs is 5. The van der Waals surface area contributed by atoms with Crippen LogP contribution >= 0.6 is 22.7 Å². The van der Waals surface area contributed by atoms with E-state index in [0.29, 0.717) is 0 Å². The van der Waals surface area contributed by atoms with E-state index < -0.39 is 0 Å². The predicted molar refractivity (Wildman–Crippen MR) is 176 cm³/mol. The van der Waals surface area contributed by atoms with Crippen molar-refractivity contribution in [3.63, 3.8) is 0 Å². The van der Waals surface area contributed by atoms with Crippen LogP contribution in [0, 0.1) is 0 Å². The van der Waals surface area contributed by atoms with Gasteiger partial charge in [-0.3, -0.25) is 0 Å². The zero-order chi connectivity index (χ0) is 26.5. The first-order chi connectivity index (χ1) is 19.8. The lowest BCUT2D eigenvalue weighted by Gasteiger charge is -2.06. The van der Waals surface area contributed by atoms with Crippen LogP contribution in [0.25, 0.3) is 74.1 Å². The Labute approximate surface area is 241 Å². The molecule has 8 aromatic rings. The second-order valence-electron chi connectivity index (χ2n) is 10.2. The largest absolute Gasteiger partial charge is 0.134 e. The molecule has 6 aromatic carbocycles. The third-order valence-electron chi connectivity index (χ3n) is 7.73. The molecule has 2 heteroatoms. The summed E-state index contributed by atoms with van der Waals surface area (Å²) >= 11 is 3.84. The second kappa shape index (κ2) is 9.60. The molecule has 8 rings (SSSR count). The highest BCUT2D eigenvalue weighted by atomic mass is 32.1. The first-order valence-corrected chi connectivity index (χ1v) is 15.1. The minimum Gasteiger partial charge on any atom is -0.134 e. The Morgan fingerprint density at radius 1 is 0.275 bits per heavy atom. The van der Waals surface area contributed by atoms with Gasteiger partial charge in [-0.25, -0.2) is 0 Å². The van der Waals surface area contributed by atoms with Crippen LogP contribution in [0.4, 0.5) is 0 Å². The molecular weight excluding hydrogens is 521 g/mol. The van der Waals surface area contributed by atoms with Crippen molar-refractivity contribution in [2.45, 2.75) is 0 Å². The summed E-state index contributed by atoms with van der Waals surface area (Å²) in [6.45, 7) is 0. The molecule has 0 radical (unpaired) electrons. The van der Waals surface area contributed by atoms with Gasteiger partial charge in [0.25, 0.3) is 0 Å². The van der Waals surface area contributed by atoms with E-state index in [-0.39, 0.29) is 0 Å². The lowest BCUT2D eigenvalue weighted by atomic mass is 10.00. The highest BCUT2D eigenvalue weighted by Gasteiger charge is 2.14. The molecular formula is C38H24S2. The molecule has 0 aliphatic carbocycles. The van der Waals surface area contributed by atoms with E-state index in [4.69, 9.17) is 0 Å². The molecule has 0 nitrogen and oxygen atoms in total. The Balaban J connectivity index is 1.12. The second-order valence-corrected chi connectivity index (χ2v) is 12.3. The van der Waals surface area contributed by atoms with E-state index >= 15 is 0 Å². The Morgan fingerprint density at radius 3 is 0.950 bits per heavy atom. The van der Waals surface area contributed by atoms with Gasteiger partial charge in [-0.15, -0.1) is 22.7 Å². The van der Waals surface area contributed by atoms with Crippen molar-refractivity contribution >= 4 is 52.2 Å². The molecule has 0 N–H and O–H groups in total. The van der Waals surface area contributed by atoms with Gasteiger partial charge in [-0.2, -0.15) is 0 Å². The summed E-state index contributed by atoms with van der Waals surface area (Å²) in [4.78, 5) is 0. The standard InChI is InChI=1S/C38H24S2/c1-3-7-25(8-4-1)27-11-15-29(16-12-27)31-19-21-33-35(23-31)39-38-34-22-20-32(24-36(34)40-37(33)38)30-17-13-28(14-18-30)26-9-5-2-6-10-26/h1-24H. The van der Waals surface area contributed by atoms with E-state index in [1.165, 1.54) is 74.1 Å². The Kier molecular flexibility index (Phi) is 5.62. The molecule has 188 valence electrons. The molecule has 0 saturated heterocycles. The summed E-state index contributed by atoms with van der Waals surface area (Å²) in [6, 6.07) is 52.9. The highest BCUT2D eigenvalue weighted by molar-refractivity contribution is 7.36. The van der Waals surface area contributed by atoms with Gasteiger partial charge in [0.1, 0.15) is 0 Å². The topological polar surface area (TPSA) is 0 Å². The third-order valence-corrected chi connectivity index (χ3v) is 10.2. The van der Waals surface area contributed by atoms with Crippen molar-refractivity contribution < 1.29 is 0 Å². The molecule has 0 bridgehead atoms. The number of hydrogen-bond donors (Lipinski definition) is 0. The summed E-state index contributed by atoms with van der Waals surface area (Å²) in [6.07, 6.45) is 0. The van der Waals surface area contributed by atoms with Crippen LogP contribution in [0.1, 0.15) is 0 Å². The van der Waals surface area contributed by atoms with Crippen molar-refractivity contribution in [3.05, 3.63) is 146 Å². The molecule has 0 fully saturated rings. The fourth-order valence-corrected chi connectivity index (χ4v) is 8.32. The van der Waals surface area contributed by atoms with Gasteiger partial charge in [0.2, 0.25) is 0 Å². The SMILES string of the molecule is c1ccc(-c2ccc(-c3ccc4c(c3)sc3c5ccc(-c6ccc(-c7ccccc7)cc6)cc5sc43)cc2)cc1. The maximum Gasteiger partial charge on any atom is 0.0542 e. The summed E-state index contributed by atoms with van der Waals surface area (Å²) in [5.74, 6) is 0. The molecule has 0 aliphatic rings. The predicted octanol–water partition coefficient (Wildman–Crippen LogP) is 11.9. The normalized spacial score (nSPS) is 11.5. The van der Waals surface area contributed by atoms with Crippen LogP contribution in [0.2, 0.25) is 0 Å². The molecule has 40 heavy (non-hydrogen) atoms. The smallest absolute Gasteiger partial charge is 0.0542 e. The van der Waals surface area contributed by atoms with Crippen molar-refractivity contribution in [3.8, 4) is 44.5 Å². The summed E-state index contributed by atoms with van der Waals surface area (Å²) in [7, 11) is 0. The Hall–Kier alpha value is -4.50. The van der Waals surface area contributed by atoms with Crippen LogP contribution in [0.5, 0.6) is 0 Å². The fourth-order valence-electron chi connectivity index (χ4n) is 5.59. The highest BCUT2D eigenvalue weighted by Crippen LogP contribution is 2.46. The minimum atomic E-state index is 1.25. The van der Waals surface area contributed by atoms with Gasteiger partial charge >= 0.3 is 0 Å². The molecule has 0 atom stereocenters. The van der Waals surface area contributed by atoms with E-state index in [1.807, 2.05) is 22.7 Å². The minimum absolute atomic E-state index is 1.25. The van der Waals surface area contributed by atoms with E-state index in [9.17, 15) is 0 Å².